The minimum atomic E-state index is -0.292. The summed E-state index contributed by atoms with van der Waals surface area (Å²) in [6, 6.07) is 14.2. The van der Waals surface area contributed by atoms with E-state index in [1.54, 1.807) is 26.3 Å². The lowest BCUT2D eigenvalue weighted by atomic mass is 10.1. The highest BCUT2D eigenvalue weighted by molar-refractivity contribution is 5.94. The predicted octanol–water partition coefficient (Wildman–Crippen LogP) is 2.51. The molecular weight excluding hydrogens is 306 g/mol. The Labute approximate surface area is 141 Å². The number of rotatable bonds is 6. The van der Waals surface area contributed by atoms with E-state index < -0.39 is 0 Å². The number of hydrogen-bond donors (Lipinski definition) is 3. The van der Waals surface area contributed by atoms with Gasteiger partial charge in [0, 0.05) is 32.0 Å². The average Bonchev–Trinajstić information content (AvgIpc) is 2.60. The molecule has 0 aliphatic carbocycles. The van der Waals surface area contributed by atoms with Gasteiger partial charge in [-0.25, -0.2) is 4.79 Å². The van der Waals surface area contributed by atoms with Crippen LogP contribution >= 0.6 is 0 Å². The topological polar surface area (TPSA) is 79.5 Å². The van der Waals surface area contributed by atoms with E-state index in [0.29, 0.717) is 24.4 Å². The van der Waals surface area contributed by atoms with Crippen LogP contribution in [0.5, 0.6) is 0 Å². The van der Waals surface area contributed by atoms with Crippen molar-refractivity contribution < 1.29 is 14.3 Å². The molecule has 6 heteroatoms. The molecule has 3 N–H and O–H groups in total. The monoisotopic (exact) mass is 327 g/mol. The minimum Gasteiger partial charge on any atom is -0.380 e. The van der Waals surface area contributed by atoms with Gasteiger partial charge in [0.05, 0.1) is 6.61 Å². The summed E-state index contributed by atoms with van der Waals surface area (Å²) in [6.07, 6.45) is 0. The van der Waals surface area contributed by atoms with Crippen molar-refractivity contribution in [2.45, 2.75) is 13.2 Å². The molecule has 0 radical (unpaired) electrons. The molecule has 0 spiro atoms. The molecule has 0 heterocycles. The zero-order chi connectivity index (χ0) is 17.4. The third kappa shape index (κ3) is 5.10. The molecule has 6 nitrogen and oxygen atoms in total. The molecule has 0 aliphatic rings. The number of carbonyl (C=O) groups is 2. The third-order valence-corrected chi connectivity index (χ3v) is 3.39. The first-order valence-corrected chi connectivity index (χ1v) is 7.56. The van der Waals surface area contributed by atoms with Crippen LogP contribution in [0.2, 0.25) is 0 Å². The lowest BCUT2D eigenvalue weighted by Crippen LogP contribution is -2.28. The predicted molar refractivity (Wildman–Crippen MR) is 92.8 cm³/mol. The summed E-state index contributed by atoms with van der Waals surface area (Å²) in [7, 11) is 3.21. The standard InChI is InChI=1S/C18H21N3O3/c1-19-17(22)15-8-6-13(7-9-15)11-20-18(23)21-16-5-3-4-14(10-16)12-24-2/h3-10H,11-12H2,1-2H3,(H,19,22)(H2,20,21,23). The Morgan fingerprint density at radius 3 is 2.46 bits per heavy atom. The van der Waals surface area contributed by atoms with Crippen LogP contribution in [0, 0.1) is 0 Å². The number of urea groups is 1. The van der Waals surface area contributed by atoms with Crippen molar-refractivity contribution in [1.82, 2.24) is 10.6 Å². The second-order valence-corrected chi connectivity index (χ2v) is 5.22. The summed E-state index contributed by atoms with van der Waals surface area (Å²) in [5.41, 5.74) is 3.18. The average molecular weight is 327 g/mol. The van der Waals surface area contributed by atoms with Crippen LogP contribution in [-0.4, -0.2) is 26.1 Å². The molecule has 2 rings (SSSR count). The Kier molecular flexibility index (Phi) is 6.33. The Morgan fingerprint density at radius 2 is 1.79 bits per heavy atom. The molecule has 0 fully saturated rings. The molecular formula is C18H21N3O3. The summed E-state index contributed by atoms with van der Waals surface area (Å²) in [5.74, 6) is -0.136. The number of carbonyl (C=O) groups excluding carboxylic acids is 2. The molecule has 2 aromatic rings. The van der Waals surface area contributed by atoms with Gasteiger partial charge < -0.3 is 20.7 Å². The number of anilines is 1. The number of methoxy groups -OCH3 is 1. The van der Waals surface area contributed by atoms with Crippen LogP contribution in [0.3, 0.4) is 0 Å². The maximum atomic E-state index is 12.0. The summed E-state index contributed by atoms with van der Waals surface area (Å²) in [6.45, 7) is 0.868. The molecule has 0 unspecified atom stereocenters. The Hall–Kier alpha value is -2.86. The molecule has 2 aromatic carbocycles. The quantitative estimate of drug-likeness (QED) is 0.763. The van der Waals surface area contributed by atoms with E-state index in [1.165, 1.54) is 0 Å². The van der Waals surface area contributed by atoms with E-state index >= 15 is 0 Å². The van der Waals surface area contributed by atoms with Gasteiger partial charge in [0.2, 0.25) is 0 Å². The maximum Gasteiger partial charge on any atom is 0.319 e. The lowest BCUT2D eigenvalue weighted by Gasteiger charge is -2.09. The number of hydrogen-bond acceptors (Lipinski definition) is 3. The van der Waals surface area contributed by atoms with Gasteiger partial charge in [-0.15, -0.1) is 0 Å². The van der Waals surface area contributed by atoms with Crippen molar-refractivity contribution in [3.63, 3.8) is 0 Å². The van der Waals surface area contributed by atoms with Crippen LogP contribution in [0.15, 0.2) is 48.5 Å². The minimum absolute atomic E-state index is 0.136. The zero-order valence-corrected chi connectivity index (χ0v) is 13.8. The van der Waals surface area contributed by atoms with Gasteiger partial charge in [-0.1, -0.05) is 24.3 Å². The van der Waals surface area contributed by atoms with E-state index in [2.05, 4.69) is 16.0 Å². The Balaban J connectivity index is 1.86. The number of amides is 3. The normalized spacial score (nSPS) is 10.1. The zero-order valence-electron chi connectivity index (χ0n) is 13.8. The fourth-order valence-electron chi connectivity index (χ4n) is 2.18. The second kappa shape index (κ2) is 8.69. The van der Waals surface area contributed by atoms with Crippen LogP contribution in [0.4, 0.5) is 10.5 Å². The molecule has 0 atom stereocenters. The van der Waals surface area contributed by atoms with Crippen molar-refractivity contribution in [3.8, 4) is 0 Å². The van der Waals surface area contributed by atoms with E-state index in [1.807, 2.05) is 36.4 Å². The first kappa shape index (κ1) is 17.5. The summed E-state index contributed by atoms with van der Waals surface area (Å²) in [4.78, 5) is 23.4. The molecule has 126 valence electrons. The molecule has 3 amide bonds. The fraction of sp³-hybridized carbons (Fsp3) is 0.222. The fourth-order valence-corrected chi connectivity index (χ4v) is 2.18. The van der Waals surface area contributed by atoms with Crippen LogP contribution < -0.4 is 16.0 Å². The van der Waals surface area contributed by atoms with Gasteiger partial charge in [-0.2, -0.15) is 0 Å². The molecule has 0 saturated heterocycles. The highest BCUT2D eigenvalue weighted by Crippen LogP contribution is 2.11. The van der Waals surface area contributed by atoms with Crippen LogP contribution in [-0.2, 0) is 17.9 Å². The van der Waals surface area contributed by atoms with Gasteiger partial charge >= 0.3 is 6.03 Å². The smallest absolute Gasteiger partial charge is 0.319 e. The summed E-state index contributed by atoms with van der Waals surface area (Å²) >= 11 is 0. The Morgan fingerprint density at radius 1 is 1.04 bits per heavy atom. The lowest BCUT2D eigenvalue weighted by molar-refractivity contribution is 0.0963. The van der Waals surface area contributed by atoms with Gasteiger partial charge in [0.25, 0.3) is 5.91 Å². The SMILES string of the molecule is CNC(=O)c1ccc(CNC(=O)Nc2cccc(COC)c2)cc1. The Bertz CT molecular complexity index is 699. The van der Waals surface area contributed by atoms with Crippen LogP contribution in [0.25, 0.3) is 0 Å². The molecule has 0 saturated carbocycles. The number of nitrogens with one attached hydrogen (secondary N) is 3. The van der Waals surface area contributed by atoms with Gasteiger partial charge in [0.1, 0.15) is 0 Å². The largest absolute Gasteiger partial charge is 0.380 e. The van der Waals surface area contributed by atoms with E-state index in [4.69, 9.17) is 4.74 Å². The molecule has 0 aromatic heterocycles. The van der Waals surface area contributed by atoms with Crippen molar-refractivity contribution in [2.75, 3.05) is 19.5 Å². The molecule has 0 aliphatic heterocycles. The van der Waals surface area contributed by atoms with Gasteiger partial charge in [-0.3, -0.25) is 4.79 Å². The highest BCUT2D eigenvalue weighted by atomic mass is 16.5. The number of ether oxygens (including phenoxy) is 1. The summed E-state index contributed by atoms with van der Waals surface area (Å²) < 4.78 is 5.07. The van der Waals surface area contributed by atoms with E-state index in [0.717, 1.165) is 11.1 Å². The van der Waals surface area contributed by atoms with Gasteiger partial charge in [0.15, 0.2) is 0 Å². The number of benzene rings is 2. The third-order valence-electron chi connectivity index (χ3n) is 3.39. The molecule has 0 bridgehead atoms. The molecule has 24 heavy (non-hydrogen) atoms. The van der Waals surface area contributed by atoms with Crippen molar-refractivity contribution in [2.24, 2.45) is 0 Å². The summed E-state index contributed by atoms with van der Waals surface area (Å²) in [5, 5.41) is 8.12. The maximum absolute atomic E-state index is 12.0. The van der Waals surface area contributed by atoms with E-state index in [9.17, 15) is 9.59 Å². The van der Waals surface area contributed by atoms with Crippen molar-refractivity contribution >= 4 is 17.6 Å². The highest BCUT2D eigenvalue weighted by Gasteiger charge is 2.05. The van der Waals surface area contributed by atoms with Crippen molar-refractivity contribution in [3.05, 3.63) is 65.2 Å². The van der Waals surface area contributed by atoms with Crippen molar-refractivity contribution in [1.29, 1.82) is 0 Å². The van der Waals surface area contributed by atoms with Gasteiger partial charge in [-0.05, 0) is 35.4 Å². The first-order valence-electron chi connectivity index (χ1n) is 7.56. The first-order chi connectivity index (χ1) is 11.6. The van der Waals surface area contributed by atoms with Crippen LogP contribution in [0.1, 0.15) is 21.5 Å². The van der Waals surface area contributed by atoms with E-state index in [-0.39, 0.29) is 11.9 Å². The second-order valence-electron chi connectivity index (χ2n) is 5.22.